The van der Waals surface area contributed by atoms with Crippen LogP contribution in [0.4, 0.5) is 0 Å². The molecule has 0 saturated carbocycles. The van der Waals surface area contributed by atoms with E-state index in [9.17, 15) is 5.11 Å². The molecule has 1 fully saturated rings. The third kappa shape index (κ3) is 2.93. The Balaban J connectivity index is 1.76. The molecule has 2 aromatic rings. The van der Waals surface area contributed by atoms with E-state index >= 15 is 0 Å². The average molecular weight is 273 g/mol. The molecule has 0 bridgehead atoms. The minimum Gasteiger partial charge on any atom is -0.473 e. The summed E-state index contributed by atoms with van der Waals surface area (Å²) in [4.78, 5) is 2.11. The van der Waals surface area contributed by atoms with Crippen molar-refractivity contribution in [1.82, 2.24) is 4.90 Å². The normalized spacial score (nSPS) is 18.1. The third-order valence-corrected chi connectivity index (χ3v) is 3.60. The fraction of sp³-hybridized carbons (Fsp3) is 0.375. The second-order valence-corrected chi connectivity index (χ2v) is 4.91. The van der Waals surface area contributed by atoms with Crippen LogP contribution in [0.25, 0.3) is 10.8 Å². The second-order valence-electron chi connectivity index (χ2n) is 4.91. The summed E-state index contributed by atoms with van der Waals surface area (Å²) in [6.07, 6.45) is -0.305. The van der Waals surface area contributed by atoms with Crippen molar-refractivity contribution in [3.63, 3.8) is 0 Å². The van der Waals surface area contributed by atoms with E-state index in [1.54, 1.807) is 0 Å². The lowest BCUT2D eigenvalue weighted by molar-refractivity contribution is -0.0663. The summed E-state index contributed by atoms with van der Waals surface area (Å²) >= 11 is 0. The van der Waals surface area contributed by atoms with Crippen molar-refractivity contribution in [3.05, 3.63) is 42.5 Å². The molecule has 1 saturated heterocycles. The van der Waals surface area contributed by atoms with Gasteiger partial charge < -0.3 is 14.6 Å². The van der Waals surface area contributed by atoms with Crippen LogP contribution in [0.3, 0.4) is 0 Å². The number of nitrogens with zero attached hydrogens (tertiary/aromatic N) is 1. The maximum Gasteiger partial charge on any atom is 0.176 e. The molecule has 1 aliphatic rings. The van der Waals surface area contributed by atoms with Crippen LogP contribution < -0.4 is 4.74 Å². The van der Waals surface area contributed by atoms with Crippen LogP contribution in [0.1, 0.15) is 0 Å². The van der Waals surface area contributed by atoms with E-state index in [0.717, 1.165) is 24.2 Å². The Kier molecular flexibility index (Phi) is 4.16. The van der Waals surface area contributed by atoms with E-state index in [0.29, 0.717) is 13.2 Å². The van der Waals surface area contributed by atoms with E-state index in [1.165, 1.54) is 5.39 Å². The van der Waals surface area contributed by atoms with Gasteiger partial charge in [0.05, 0.1) is 19.8 Å². The van der Waals surface area contributed by atoms with Crippen LogP contribution in [-0.2, 0) is 4.74 Å². The summed E-state index contributed by atoms with van der Waals surface area (Å²) in [7, 11) is 0. The smallest absolute Gasteiger partial charge is 0.176 e. The Bertz CT molecular complexity index is 566. The van der Waals surface area contributed by atoms with E-state index in [4.69, 9.17) is 9.47 Å². The SMILES string of the molecule is OC[C@@H](Oc1ccc2ccccc2c1)N1CCOCC1. The zero-order valence-electron chi connectivity index (χ0n) is 11.4. The average Bonchev–Trinajstić information content (AvgIpc) is 2.53. The predicted octanol–water partition coefficient (Wildman–Crippen LogP) is 1.87. The van der Waals surface area contributed by atoms with Gasteiger partial charge in [0.1, 0.15) is 5.75 Å². The number of rotatable bonds is 4. The summed E-state index contributed by atoms with van der Waals surface area (Å²) in [5.41, 5.74) is 0. The van der Waals surface area contributed by atoms with Crippen LogP contribution in [0, 0.1) is 0 Å². The molecular formula is C16H19NO3. The summed E-state index contributed by atoms with van der Waals surface area (Å²) in [6.45, 7) is 2.94. The number of morpholine rings is 1. The first-order valence-corrected chi connectivity index (χ1v) is 6.95. The summed E-state index contributed by atoms with van der Waals surface area (Å²) in [6, 6.07) is 14.2. The van der Waals surface area contributed by atoms with Gasteiger partial charge in [-0.2, -0.15) is 0 Å². The minimum atomic E-state index is -0.305. The van der Waals surface area contributed by atoms with Crippen LogP contribution in [0.2, 0.25) is 0 Å². The molecule has 0 spiro atoms. The van der Waals surface area contributed by atoms with Gasteiger partial charge in [0.15, 0.2) is 6.23 Å². The Hall–Kier alpha value is -1.62. The maximum atomic E-state index is 9.55. The number of benzene rings is 2. The number of aliphatic hydroxyl groups excluding tert-OH is 1. The molecule has 0 aliphatic carbocycles. The zero-order chi connectivity index (χ0) is 13.8. The van der Waals surface area contributed by atoms with Crippen molar-refractivity contribution >= 4 is 10.8 Å². The van der Waals surface area contributed by atoms with Gasteiger partial charge in [-0.3, -0.25) is 4.90 Å². The number of hydrogen-bond donors (Lipinski definition) is 1. The van der Waals surface area contributed by atoms with E-state index in [2.05, 4.69) is 17.0 Å². The third-order valence-electron chi connectivity index (χ3n) is 3.60. The van der Waals surface area contributed by atoms with Crippen molar-refractivity contribution in [2.75, 3.05) is 32.9 Å². The lowest BCUT2D eigenvalue weighted by atomic mass is 10.1. The molecule has 0 radical (unpaired) electrons. The Morgan fingerprint density at radius 1 is 1.10 bits per heavy atom. The van der Waals surface area contributed by atoms with Crippen LogP contribution in [-0.4, -0.2) is 49.1 Å². The minimum absolute atomic E-state index is 0.0210. The lowest BCUT2D eigenvalue weighted by Gasteiger charge is -2.33. The number of aliphatic hydroxyl groups is 1. The van der Waals surface area contributed by atoms with Crippen LogP contribution in [0.5, 0.6) is 5.75 Å². The predicted molar refractivity (Wildman–Crippen MR) is 77.8 cm³/mol. The number of fused-ring (bicyclic) bond motifs is 1. The molecule has 2 aromatic carbocycles. The number of ether oxygens (including phenoxy) is 2. The summed E-state index contributed by atoms with van der Waals surface area (Å²) < 4.78 is 11.3. The van der Waals surface area contributed by atoms with Gasteiger partial charge in [-0.15, -0.1) is 0 Å². The molecule has 1 heterocycles. The Morgan fingerprint density at radius 2 is 1.85 bits per heavy atom. The van der Waals surface area contributed by atoms with E-state index < -0.39 is 0 Å². The van der Waals surface area contributed by atoms with Crippen molar-refractivity contribution in [3.8, 4) is 5.75 Å². The van der Waals surface area contributed by atoms with Gasteiger partial charge >= 0.3 is 0 Å². The fourth-order valence-electron chi connectivity index (χ4n) is 2.49. The van der Waals surface area contributed by atoms with E-state index in [1.807, 2.05) is 30.3 Å². The van der Waals surface area contributed by atoms with Crippen molar-refractivity contribution in [2.45, 2.75) is 6.23 Å². The Labute approximate surface area is 118 Å². The molecule has 0 aromatic heterocycles. The van der Waals surface area contributed by atoms with E-state index in [-0.39, 0.29) is 12.8 Å². The summed E-state index contributed by atoms with van der Waals surface area (Å²) in [5.74, 6) is 0.786. The molecule has 20 heavy (non-hydrogen) atoms. The molecule has 1 N–H and O–H groups in total. The van der Waals surface area contributed by atoms with Gasteiger partial charge in [0.25, 0.3) is 0 Å². The molecule has 0 amide bonds. The highest BCUT2D eigenvalue weighted by Gasteiger charge is 2.21. The van der Waals surface area contributed by atoms with Gasteiger partial charge in [-0.25, -0.2) is 0 Å². The molecule has 1 atom stereocenters. The van der Waals surface area contributed by atoms with Crippen molar-refractivity contribution in [2.24, 2.45) is 0 Å². The molecule has 1 aliphatic heterocycles. The van der Waals surface area contributed by atoms with Gasteiger partial charge in [0, 0.05) is 13.1 Å². The highest BCUT2D eigenvalue weighted by atomic mass is 16.5. The fourth-order valence-corrected chi connectivity index (χ4v) is 2.49. The molecule has 3 rings (SSSR count). The lowest BCUT2D eigenvalue weighted by Crippen LogP contribution is -2.48. The quantitative estimate of drug-likeness (QED) is 0.923. The van der Waals surface area contributed by atoms with Crippen molar-refractivity contribution < 1.29 is 14.6 Å². The van der Waals surface area contributed by atoms with Crippen LogP contribution in [0.15, 0.2) is 42.5 Å². The van der Waals surface area contributed by atoms with Crippen LogP contribution >= 0.6 is 0 Å². The monoisotopic (exact) mass is 273 g/mol. The maximum absolute atomic E-state index is 9.55. The highest BCUT2D eigenvalue weighted by Crippen LogP contribution is 2.22. The standard InChI is InChI=1S/C16H19NO3/c18-12-16(17-7-9-19-10-8-17)20-15-6-5-13-3-1-2-4-14(13)11-15/h1-6,11,16,18H,7-10,12H2/t16-/m1/s1. The Morgan fingerprint density at radius 3 is 2.60 bits per heavy atom. The first-order chi connectivity index (χ1) is 9.86. The summed E-state index contributed by atoms with van der Waals surface area (Å²) in [5, 5.41) is 11.9. The first kappa shape index (κ1) is 13.4. The second kappa shape index (κ2) is 6.22. The largest absolute Gasteiger partial charge is 0.473 e. The molecule has 4 nitrogen and oxygen atoms in total. The number of hydrogen-bond acceptors (Lipinski definition) is 4. The van der Waals surface area contributed by atoms with Gasteiger partial charge in [0.2, 0.25) is 0 Å². The topological polar surface area (TPSA) is 41.9 Å². The van der Waals surface area contributed by atoms with Gasteiger partial charge in [-0.05, 0) is 22.9 Å². The zero-order valence-corrected chi connectivity index (χ0v) is 11.4. The van der Waals surface area contributed by atoms with Crippen molar-refractivity contribution in [1.29, 1.82) is 0 Å². The first-order valence-electron chi connectivity index (χ1n) is 6.95. The molecular weight excluding hydrogens is 254 g/mol. The molecule has 4 heteroatoms. The highest BCUT2D eigenvalue weighted by molar-refractivity contribution is 5.83. The van der Waals surface area contributed by atoms with Gasteiger partial charge in [-0.1, -0.05) is 30.3 Å². The molecule has 0 unspecified atom stereocenters. The molecule has 106 valence electrons.